The minimum absolute atomic E-state index is 0.0208. The Labute approximate surface area is 196 Å². The van der Waals surface area contributed by atoms with Gasteiger partial charge in [-0.1, -0.05) is 42.5 Å². The Morgan fingerprint density at radius 2 is 1.82 bits per heavy atom. The summed E-state index contributed by atoms with van der Waals surface area (Å²) in [4.78, 5) is 28.3. The molecule has 1 N–H and O–H groups in total. The smallest absolute Gasteiger partial charge is 0.272 e. The van der Waals surface area contributed by atoms with Gasteiger partial charge in [-0.25, -0.2) is 10.4 Å². The normalized spacial score (nSPS) is 11.1. The summed E-state index contributed by atoms with van der Waals surface area (Å²) >= 11 is 0. The number of aromatic nitrogens is 1. The first-order valence-electron chi connectivity index (χ1n) is 10.7. The van der Waals surface area contributed by atoms with Crippen LogP contribution in [0.15, 0.2) is 84.0 Å². The van der Waals surface area contributed by atoms with Crippen LogP contribution in [0.2, 0.25) is 0 Å². The van der Waals surface area contributed by atoms with Crippen LogP contribution in [-0.2, 0) is 0 Å². The molecule has 4 aromatic rings. The summed E-state index contributed by atoms with van der Waals surface area (Å²) in [5, 5.41) is 15.6. The van der Waals surface area contributed by atoms with Crippen molar-refractivity contribution in [3.63, 3.8) is 0 Å². The minimum Gasteiger partial charge on any atom is -0.490 e. The van der Waals surface area contributed by atoms with E-state index in [0.717, 1.165) is 5.56 Å². The molecular formula is C26H22N4O4. The zero-order chi connectivity index (χ0) is 24.1. The minimum atomic E-state index is -0.485. The summed E-state index contributed by atoms with van der Waals surface area (Å²) in [7, 11) is 0. The number of hydrogen-bond donors (Lipinski definition) is 1. The lowest BCUT2D eigenvalue weighted by molar-refractivity contribution is -0.384. The molecule has 8 nitrogen and oxygen atoms in total. The zero-order valence-electron chi connectivity index (χ0n) is 18.6. The number of rotatable bonds is 7. The van der Waals surface area contributed by atoms with Gasteiger partial charge in [-0.15, -0.1) is 0 Å². The largest absolute Gasteiger partial charge is 0.490 e. The SMILES string of the molecule is CC(C)Oc1ccccc1-c1cc(C(=O)N/N=C/c2cccc([N+](=O)[O-])c2)c2ccccc2n1. The fourth-order valence-corrected chi connectivity index (χ4v) is 3.48. The molecule has 0 aliphatic rings. The molecule has 0 fully saturated rings. The highest BCUT2D eigenvalue weighted by Gasteiger charge is 2.16. The average molecular weight is 454 g/mol. The van der Waals surface area contributed by atoms with Crippen LogP contribution in [-0.4, -0.2) is 28.1 Å². The maximum Gasteiger partial charge on any atom is 0.272 e. The van der Waals surface area contributed by atoms with Gasteiger partial charge in [-0.05, 0) is 38.1 Å². The number of para-hydroxylation sites is 2. The lowest BCUT2D eigenvalue weighted by Crippen LogP contribution is -2.18. The highest BCUT2D eigenvalue weighted by Crippen LogP contribution is 2.32. The number of hydrogen-bond acceptors (Lipinski definition) is 6. The highest BCUT2D eigenvalue weighted by molar-refractivity contribution is 6.07. The van der Waals surface area contributed by atoms with E-state index < -0.39 is 10.8 Å². The molecule has 0 aliphatic carbocycles. The molecule has 8 heteroatoms. The highest BCUT2D eigenvalue weighted by atomic mass is 16.6. The Bertz CT molecular complexity index is 1400. The van der Waals surface area contributed by atoms with E-state index in [1.165, 1.54) is 18.3 Å². The van der Waals surface area contributed by atoms with E-state index in [4.69, 9.17) is 9.72 Å². The molecule has 170 valence electrons. The standard InChI is InChI=1S/C26H22N4O4/c1-17(2)34-25-13-6-4-11-21(25)24-15-22(20-10-3-5-12-23(20)28-24)26(31)29-27-16-18-8-7-9-19(14-18)30(32)33/h3-17H,1-2H3,(H,29,31)/b27-16+. The van der Waals surface area contributed by atoms with Gasteiger partial charge in [0, 0.05) is 28.6 Å². The van der Waals surface area contributed by atoms with E-state index in [1.54, 1.807) is 18.2 Å². The lowest BCUT2D eigenvalue weighted by Gasteiger charge is -2.15. The van der Waals surface area contributed by atoms with Crippen molar-refractivity contribution in [1.29, 1.82) is 0 Å². The predicted octanol–water partition coefficient (Wildman–Crippen LogP) is 5.36. The average Bonchev–Trinajstić information content (AvgIpc) is 2.83. The monoisotopic (exact) mass is 454 g/mol. The van der Waals surface area contributed by atoms with E-state index in [2.05, 4.69) is 10.5 Å². The molecule has 3 aromatic carbocycles. The van der Waals surface area contributed by atoms with Crippen molar-refractivity contribution in [2.45, 2.75) is 20.0 Å². The van der Waals surface area contributed by atoms with Gasteiger partial charge >= 0.3 is 0 Å². The molecule has 4 rings (SSSR count). The van der Waals surface area contributed by atoms with E-state index in [9.17, 15) is 14.9 Å². The number of carbonyl (C=O) groups excluding carboxylic acids is 1. The van der Waals surface area contributed by atoms with Gasteiger partial charge in [0.15, 0.2) is 0 Å². The van der Waals surface area contributed by atoms with Crippen LogP contribution in [0.5, 0.6) is 5.75 Å². The molecule has 0 aliphatic heterocycles. The van der Waals surface area contributed by atoms with Crippen molar-refractivity contribution >= 4 is 28.7 Å². The number of nitro groups is 1. The summed E-state index contributed by atoms with van der Waals surface area (Å²) in [6.45, 7) is 3.89. The lowest BCUT2D eigenvalue weighted by atomic mass is 10.0. The van der Waals surface area contributed by atoms with Crippen LogP contribution >= 0.6 is 0 Å². The van der Waals surface area contributed by atoms with Gasteiger partial charge in [0.25, 0.3) is 11.6 Å². The molecule has 1 aromatic heterocycles. The molecule has 0 bridgehead atoms. The molecular weight excluding hydrogens is 432 g/mol. The quantitative estimate of drug-likeness (QED) is 0.230. The molecule has 0 spiro atoms. The number of carbonyl (C=O) groups is 1. The van der Waals surface area contributed by atoms with Gasteiger partial charge in [-0.3, -0.25) is 14.9 Å². The topological polar surface area (TPSA) is 107 Å². The Kier molecular flexibility index (Phi) is 6.59. The summed E-state index contributed by atoms with van der Waals surface area (Å²) in [5.74, 6) is 0.249. The number of nitrogens with one attached hydrogen (secondary N) is 1. The number of fused-ring (bicyclic) bond motifs is 1. The maximum atomic E-state index is 13.1. The predicted molar refractivity (Wildman–Crippen MR) is 131 cm³/mol. The van der Waals surface area contributed by atoms with Gasteiger partial charge in [0.05, 0.1) is 34.0 Å². The van der Waals surface area contributed by atoms with Crippen molar-refractivity contribution in [3.05, 3.63) is 100 Å². The van der Waals surface area contributed by atoms with Crippen molar-refractivity contribution in [1.82, 2.24) is 10.4 Å². The molecule has 0 saturated heterocycles. The Morgan fingerprint density at radius 1 is 1.06 bits per heavy atom. The molecule has 0 saturated carbocycles. The number of nitro benzene ring substituents is 1. The van der Waals surface area contributed by atoms with Crippen molar-refractivity contribution < 1.29 is 14.5 Å². The van der Waals surface area contributed by atoms with Crippen LogP contribution in [0, 0.1) is 10.1 Å². The van der Waals surface area contributed by atoms with Gasteiger partial charge < -0.3 is 4.74 Å². The van der Waals surface area contributed by atoms with Gasteiger partial charge in [0.1, 0.15) is 5.75 Å². The van der Waals surface area contributed by atoms with E-state index in [1.807, 2.05) is 62.4 Å². The third-order valence-corrected chi connectivity index (χ3v) is 4.95. The van der Waals surface area contributed by atoms with Crippen molar-refractivity contribution in [2.24, 2.45) is 5.10 Å². The van der Waals surface area contributed by atoms with Gasteiger partial charge in [0.2, 0.25) is 0 Å². The number of benzene rings is 3. The Hall–Kier alpha value is -4.59. The number of non-ortho nitro benzene ring substituents is 1. The molecule has 0 unspecified atom stereocenters. The third kappa shape index (κ3) is 5.07. The molecule has 1 amide bonds. The van der Waals surface area contributed by atoms with E-state index in [0.29, 0.717) is 33.5 Å². The first kappa shape index (κ1) is 22.6. The molecule has 0 atom stereocenters. The zero-order valence-corrected chi connectivity index (χ0v) is 18.6. The first-order chi connectivity index (χ1) is 16.4. The summed E-state index contributed by atoms with van der Waals surface area (Å²) in [6.07, 6.45) is 1.34. The second kappa shape index (κ2) is 9.91. The second-order valence-electron chi connectivity index (χ2n) is 7.79. The van der Waals surface area contributed by atoms with Gasteiger partial charge in [-0.2, -0.15) is 5.10 Å². The Balaban J connectivity index is 1.68. The first-order valence-corrected chi connectivity index (χ1v) is 10.7. The number of amides is 1. The van der Waals surface area contributed by atoms with Crippen molar-refractivity contribution in [2.75, 3.05) is 0 Å². The number of hydrazone groups is 1. The van der Waals surface area contributed by atoms with E-state index in [-0.39, 0.29) is 11.8 Å². The molecule has 34 heavy (non-hydrogen) atoms. The molecule has 0 radical (unpaired) electrons. The van der Waals surface area contributed by atoms with Crippen molar-refractivity contribution in [3.8, 4) is 17.0 Å². The van der Waals surface area contributed by atoms with Crippen LogP contribution < -0.4 is 10.2 Å². The summed E-state index contributed by atoms with van der Waals surface area (Å²) in [5.41, 5.74) is 5.39. The van der Waals surface area contributed by atoms with E-state index >= 15 is 0 Å². The van der Waals surface area contributed by atoms with Crippen LogP contribution in [0.4, 0.5) is 5.69 Å². The maximum absolute atomic E-state index is 13.1. The fourth-order valence-electron chi connectivity index (χ4n) is 3.48. The summed E-state index contributed by atoms with van der Waals surface area (Å²) in [6, 6.07) is 22.6. The third-order valence-electron chi connectivity index (χ3n) is 4.95. The second-order valence-corrected chi connectivity index (χ2v) is 7.79. The van der Waals surface area contributed by atoms with Crippen LogP contribution in [0.25, 0.3) is 22.2 Å². The number of ether oxygens (including phenoxy) is 1. The number of nitrogens with zero attached hydrogens (tertiary/aromatic N) is 3. The molecule has 1 heterocycles. The van der Waals surface area contributed by atoms with Crippen LogP contribution in [0.3, 0.4) is 0 Å². The Morgan fingerprint density at radius 3 is 2.62 bits per heavy atom. The van der Waals surface area contributed by atoms with Crippen LogP contribution in [0.1, 0.15) is 29.8 Å². The fraction of sp³-hybridized carbons (Fsp3) is 0.115. The summed E-state index contributed by atoms with van der Waals surface area (Å²) < 4.78 is 5.94. The number of pyridine rings is 1.